The summed E-state index contributed by atoms with van der Waals surface area (Å²) in [7, 11) is 0. The van der Waals surface area contributed by atoms with Gasteiger partial charge >= 0.3 is 0 Å². The van der Waals surface area contributed by atoms with Crippen molar-refractivity contribution in [3.05, 3.63) is 23.2 Å². The van der Waals surface area contributed by atoms with Crippen LogP contribution in [0.1, 0.15) is 20.3 Å². The second-order valence-corrected chi connectivity index (χ2v) is 6.40. The van der Waals surface area contributed by atoms with Gasteiger partial charge in [0.05, 0.1) is 11.4 Å². The van der Waals surface area contributed by atoms with Crippen LogP contribution in [0.3, 0.4) is 0 Å². The average molecular weight is 315 g/mol. The van der Waals surface area contributed by atoms with Crippen molar-refractivity contribution in [2.24, 2.45) is 11.8 Å². The van der Waals surface area contributed by atoms with Gasteiger partial charge in [0.25, 0.3) is 0 Å². The van der Waals surface area contributed by atoms with Crippen LogP contribution in [0, 0.1) is 11.8 Å². The highest BCUT2D eigenvalue weighted by atomic mass is 35.5. The molecule has 0 radical (unpaired) electrons. The number of anilines is 2. The number of alkyl halides is 1. The van der Waals surface area contributed by atoms with E-state index >= 15 is 0 Å². The lowest BCUT2D eigenvalue weighted by molar-refractivity contribution is -0.113. The Bertz CT molecular complexity index is 483. The Kier molecular flexibility index (Phi) is 5.17. The van der Waals surface area contributed by atoms with E-state index in [9.17, 15) is 4.79 Å². The number of nitrogens with one attached hydrogen (secondary N) is 1. The average Bonchev–Trinajstić information content (AvgIpc) is 2.37. The zero-order chi connectivity index (χ0) is 14.7. The minimum atomic E-state index is -0.215. The number of piperidine rings is 1. The quantitative estimate of drug-likeness (QED) is 0.855. The predicted molar refractivity (Wildman–Crippen MR) is 86.0 cm³/mol. The lowest BCUT2D eigenvalue weighted by Gasteiger charge is -2.37. The predicted octanol–water partition coefficient (Wildman–Crippen LogP) is 4.00. The van der Waals surface area contributed by atoms with Crippen LogP contribution < -0.4 is 10.2 Å². The number of carbonyl (C=O) groups excluding carboxylic acids is 1. The van der Waals surface area contributed by atoms with E-state index in [0.717, 1.165) is 24.5 Å². The van der Waals surface area contributed by atoms with E-state index in [1.165, 1.54) is 6.42 Å². The molecule has 0 spiro atoms. The number of amides is 1. The minimum absolute atomic E-state index is 0.0568. The molecule has 5 heteroatoms. The van der Waals surface area contributed by atoms with Crippen LogP contribution in [-0.4, -0.2) is 24.9 Å². The molecule has 0 aliphatic carbocycles. The number of nitrogens with zero attached hydrogens (tertiary/aromatic N) is 1. The fraction of sp³-hybridized carbons (Fsp3) is 0.533. The van der Waals surface area contributed by atoms with E-state index in [0.29, 0.717) is 16.9 Å². The summed E-state index contributed by atoms with van der Waals surface area (Å²) in [6.45, 7) is 6.51. The van der Waals surface area contributed by atoms with Gasteiger partial charge in [0.2, 0.25) is 5.91 Å². The molecule has 0 unspecified atom stereocenters. The summed E-state index contributed by atoms with van der Waals surface area (Å²) in [4.78, 5) is 13.9. The second kappa shape index (κ2) is 6.68. The van der Waals surface area contributed by atoms with Crippen LogP contribution in [0.25, 0.3) is 0 Å². The first kappa shape index (κ1) is 15.5. The smallest absolute Gasteiger partial charge is 0.239 e. The van der Waals surface area contributed by atoms with Crippen molar-refractivity contribution in [1.82, 2.24) is 0 Å². The van der Waals surface area contributed by atoms with Crippen LogP contribution >= 0.6 is 23.2 Å². The van der Waals surface area contributed by atoms with Crippen LogP contribution in [0.5, 0.6) is 0 Å². The molecule has 1 aliphatic heterocycles. The Labute approximate surface area is 130 Å². The number of halogens is 2. The van der Waals surface area contributed by atoms with Crippen molar-refractivity contribution in [3.63, 3.8) is 0 Å². The Morgan fingerprint density at radius 2 is 2.00 bits per heavy atom. The van der Waals surface area contributed by atoms with Gasteiger partial charge in [-0.1, -0.05) is 25.4 Å². The largest absolute Gasteiger partial charge is 0.369 e. The number of benzene rings is 1. The highest BCUT2D eigenvalue weighted by molar-refractivity contribution is 6.31. The van der Waals surface area contributed by atoms with Crippen molar-refractivity contribution in [1.29, 1.82) is 0 Å². The second-order valence-electron chi connectivity index (χ2n) is 5.69. The van der Waals surface area contributed by atoms with Gasteiger partial charge in [0.1, 0.15) is 5.88 Å². The molecule has 3 nitrogen and oxygen atoms in total. The van der Waals surface area contributed by atoms with Crippen molar-refractivity contribution < 1.29 is 4.79 Å². The summed E-state index contributed by atoms with van der Waals surface area (Å²) in [5, 5.41) is 3.44. The number of hydrogen-bond acceptors (Lipinski definition) is 2. The van der Waals surface area contributed by atoms with E-state index < -0.39 is 0 Å². The summed E-state index contributed by atoms with van der Waals surface area (Å²) in [5.41, 5.74) is 1.76. The Morgan fingerprint density at radius 3 is 2.60 bits per heavy atom. The molecule has 1 N–H and O–H groups in total. The first-order chi connectivity index (χ1) is 9.49. The summed E-state index contributed by atoms with van der Waals surface area (Å²) in [6.07, 6.45) is 1.24. The molecule has 1 saturated heterocycles. The molecule has 1 aliphatic rings. The zero-order valence-corrected chi connectivity index (χ0v) is 13.3. The highest BCUT2D eigenvalue weighted by Crippen LogP contribution is 2.33. The molecule has 1 heterocycles. The highest BCUT2D eigenvalue weighted by Gasteiger charge is 2.24. The van der Waals surface area contributed by atoms with E-state index in [1.54, 1.807) is 6.07 Å². The summed E-state index contributed by atoms with van der Waals surface area (Å²) in [6, 6.07) is 5.61. The lowest BCUT2D eigenvalue weighted by atomic mass is 9.91. The molecular weight excluding hydrogens is 295 g/mol. The number of hydrogen-bond donors (Lipinski definition) is 1. The molecule has 1 amide bonds. The van der Waals surface area contributed by atoms with Gasteiger partial charge in [-0.25, -0.2) is 0 Å². The van der Waals surface area contributed by atoms with Gasteiger partial charge in [0.15, 0.2) is 0 Å². The summed E-state index contributed by atoms with van der Waals surface area (Å²) in [5.74, 6) is 1.02. The standard InChI is InChI=1S/C15H20Cl2N2O/c1-10-5-11(2)9-19(8-10)14-4-3-12(17)6-13(14)18-15(20)7-16/h3-4,6,10-11H,5,7-9H2,1-2H3,(H,18,20)/t10-,11+. The van der Waals surface area contributed by atoms with Crippen LogP contribution in [0.2, 0.25) is 5.02 Å². The van der Waals surface area contributed by atoms with Crippen LogP contribution in [0.15, 0.2) is 18.2 Å². The SMILES string of the molecule is C[C@@H]1C[C@H](C)CN(c2ccc(Cl)cc2NC(=O)CCl)C1. The lowest BCUT2D eigenvalue weighted by Crippen LogP contribution is -2.39. The molecule has 2 atom stereocenters. The maximum atomic E-state index is 11.6. The maximum absolute atomic E-state index is 11.6. The van der Waals surface area contributed by atoms with Gasteiger partial charge in [-0.05, 0) is 36.5 Å². The molecule has 0 saturated carbocycles. The van der Waals surface area contributed by atoms with Crippen molar-refractivity contribution >= 4 is 40.5 Å². The first-order valence-corrected chi connectivity index (χ1v) is 7.81. The molecule has 110 valence electrons. The molecule has 20 heavy (non-hydrogen) atoms. The first-order valence-electron chi connectivity index (χ1n) is 6.90. The van der Waals surface area contributed by atoms with Crippen molar-refractivity contribution in [2.75, 3.05) is 29.2 Å². The zero-order valence-electron chi connectivity index (χ0n) is 11.8. The Morgan fingerprint density at radius 1 is 1.35 bits per heavy atom. The van der Waals surface area contributed by atoms with E-state index in [-0.39, 0.29) is 11.8 Å². The molecular formula is C15H20Cl2N2O. The molecule has 1 aromatic carbocycles. The number of rotatable bonds is 3. The minimum Gasteiger partial charge on any atom is -0.369 e. The Hall–Kier alpha value is -0.930. The third kappa shape index (κ3) is 3.80. The number of carbonyl (C=O) groups is 1. The molecule has 1 fully saturated rings. The summed E-state index contributed by atoms with van der Waals surface area (Å²) < 4.78 is 0. The van der Waals surface area contributed by atoms with Crippen molar-refractivity contribution in [3.8, 4) is 0 Å². The topological polar surface area (TPSA) is 32.3 Å². The van der Waals surface area contributed by atoms with E-state index in [1.807, 2.05) is 12.1 Å². The van der Waals surface area contributed by atoms with Gasteiger partial charge < -0.3 is 10.2 Å². The molecule has 1 aromatic rings. The monoisotopic (exact) mass is 314 g/mol. The molecule has 0 bridgehead atoms. The van der Waals surface area contributed by atoms with E-state index in [4.69, 9.17) is 23.2 Å². The van der Waals surface area contributed by atoms with Crippen LogP contribution in [0.4, 0.5) is 11.4 Å². The van der Waals surface area contributed by atoms with Gasteiger partial charge in [-0.15, -0.1) is 11.6 Å². The van der Waals surface area contributed by atoms with Crippen LogP contribution in [-0.2, 0) is 4.79 Å². The van der Waals surface area contributed by atoms with Gasteiger partial charge in [-0.3, -0.25) is 4.79 Å². The Balaban J connectivity index is 2.27. The normalized spacial score (nSPS) is 22.7. The van der Waals surface area contributed by atoms with Crippen molar-refractivity contribution in [2.45, 2.75) is 20.3 Å². The third-order valence-electron chi connectivity index (χ3n) is 3.56. The molecule has 2 rings (SSSR count). The van der Waals surface area contributed by atoms with E-state index in [2.05, 4.69) is 24.1 Å². The third-order valence-corrected chi connectivity index (χ3v) is 4.04. The fourth-order valence-corrected chi connectivity index (χ4v) is 3.17. The molecule has 0 aromatic heterocycles. The summed E-state index contributed by atoms with van der Waals surface area (Å²) >= 11 is 11.6. The van der Waals surface area contributed by atoms with Gasteiger partial charge in [0, 0.05) is 18.1 Å². The van der Waals surface area contributed by atoms with Gasteiger partial charge in [-0.2, -0.15) is 0 Å². The maximum Gasteiger partial charge on any atom is 0.239 e. The fourth-order valence-electron chi connectivity index (χ4n) is 2.93.